The van der Waals surface area contributed by atoms with Crippen LogP contribution in [0.15, 0.2) is 18.2 Å². The number of ether oxygens (including phenoxy) is 1. The van der Waals surface area contributed by atoms with Crippen LogP contribution in [-0.2, 0) is 6.54 Å². The molecule has 0 fully saturated rings. The molecule has 0 amide bonds. The van der Waals surface area contributed by atoms with Crippen molar-refractivity contribution in [3.8, 4) is 5.75 Å². The SMILES string of the molecule is Cc1cc(CNCCN)cc(OC(F)(F)F)c1. The second kappa shape index (κ2) is 5.88. The molecule has 1 aromatic rings. The van der Waals surface area contributed by atoms with Crippen LogP contribution in [0, 0.1) is 6.92 Å². The summed E-state index contributed by atoms with van der Waals surface area (Å²) in [4.78, 5) is 0. The lowest BCUT2D eigenvalue weighted by atomic mass is 10.1. The minimum atomic E-state index is -4.66. The van der Waals surface area contributed by atoms with Crippen molar-refractivity contribution in [1.29, 1.82) is 0 Å². The van der Waals surface area contributed by atoms with Crippen LogP contribution in [0.25, 0.3) is 0 Å². The van der Waals surface area contributed by atoms with Gasteiger partial charge in [-0.3, -0.25) is 0 Å². The molecule has 3 nitrogen and oxygen atoms in total. The van der Waals surface area contributed by atoms with Gasteiger partial charge in [-0.2, -0.15) is 0 Å². The molecule has 0 atom stereocenters. The van der Waals surface area contributed by atoms with Crippen molar-refractivity contribution in [3.63, 3.8) is 0 Å². The van der Waals surface area contributed by atoms with Gasteiger partial charge in [0.2, 0.25) is 0 Å². The molecule has 0 heterocycles. The summed E-state index contributed by atoms with van der Waals surface area (Å²) in [7, 11) is 0. The van der Waals surface area contributed by atoms with Crippen molar-refractivity contribution in [2.45, 2.75) is 19.8 Å². The molecule has 0 spiro atoms. The Morgan fingerprint density at radius 3 is 2.59 bits per heavy atom. The number of alkyl halides is 3. The van der Waals surface area contributed by atoms with E-state index in [1.54, 1.807) is 13.0 Å². The van der Waals surface area contributed by atoms with Crippen LogP contribution in [0.5, 0.6) is 5.75 Å². The van der Waals surface area contributed by atoms with Crippen LogP contribution in [-0.4, -0.2) is 19.5 Å². The number of aryl methyl sites for hydroxylation is 1. The second-order valence-corrected chi connectivity index (χ2v) is 3.67. The Morgan fingerprint density at radius 1 is 1.29 bits per heavy atom. The maximum atomic E-state index is 12.1. The summed E-state index contributed by atoms with van der Waals surface area (Å²) < 4.78 is 40.0. The van der Waals surface area contributed by atoms with Gasteiger partial charge in [0.15, 0.2) is 0 Å². The fourth-order valence-corrected chi connectivity index (χ4v) is 1.45. The van der Waals surface area contributed by atoms with E-state index in [0.717, 1.165) is 11.1 Å². The zero-order valence-corrected chi connectivity index (χ0v) is 9.47. The van der Waals surface area contributed by atoms with E-state index in [1.807, 2.05) is 0 Å². The highest BCUT2D eigenvalue weighted by Crippen LogP contribution is 2.24. The molecule has 0 saturated carbocycles. The summed E-state index contributed by atoms with van der Waals surface area (Å²) in [5.41, 5.74) is 6.75. The number of halogens is 3. The lowest BCUT2D eigenvalue weighted by Gasteiger charge is -2.11. The molecule has 0 aliphatic carbocycles. The van der Waals surface area contributed by atoms with Crippen LogP contribution in [0.4, 0.5) is 13.2 Å². The minimum Gasteiger partial charge on any atom is -0.406 e. The first-order chi connectivity index (χ1) is 7.90. The van der Waals surface area contributed by atoms with Gasteiger partial charge in [0, 0.05) is 19.6 Å². The molecule has 3 N–H and O–H groups in total. The second-order valence-electron chi connectivity index (χ2n) is 3.67. The minimum absolute atomic E-state index is 0.193. The van der Waals surface area contributed by atoms with E-state index in [2.05, 4.69) is 10.1 Å². The fourth-order valence-electron chi connectivity index (χ4n) is 1.45. The molecule has 17 heavy (non-hydrogen) atoms. The third-order valence-corrected chi connectivity index (χ3v) is 1.99. The summed E-state index contributed by atoms with van der Waals surface area (Å²) in [6.45, 7) is 3.28. The quantitative estimate of drug-likeness (QED) is 0.783. The van der Waals surface area contributed by atoms with Gasteiger partial charge in [0.25, 0.3) is 0 Å². The van der Waals surface area contributed by atoms with E-state index in [-0.39, 0.29) is 5.75 Å². The first-order valence-corrected chi connectivity index (χ1v) is 5.18. The summed E-state index contributed by atoms with van der Waals surface area (Å²) in [5.74, 6) is -0.193. The molecule has 1 aromatic carbocycles. The van der Waals surface area contributed by atoms with Crippen molar-refractivity contribution in [3.05, 3.63) is 29.3 Å². The van der Waals surface area contributed by atoms with Crippen molar-refractivity contribution in [1.82, 2.24) is 5.32 Å². The van der Waals surface area contributed by atoms with Crippen molar-refractivity contribution in [2.75, 3.05) is 13.1 Å². The lowest BCUT2D eigenvalue weighted by molar-refractivity contribution is -0.274. The molecule has 1 rings (SSSR count). The topological polar surface area (TPSA) is 47.3 Å². The predicted molar refractivity (Wildman–Crippen MR) is 58.6 cm³/mol. The van der Waals surface area contributed by atoms with Gasteiger partial charge >= 0.3 is 6.36 Å². The predicted octanol–water partition coefficient (Wildman–Crippen LogP) is 1.94. The number of rotatable bonds is 5. The van der Waals surface area contributed by atoms with Gasteiger partial charge in [-0.1, -0.05) is 6.07 Å². The summed E-state index contributed by atoms with van der Waals surface area (Å²) >= 11 is 0. The number of hydrogen-bond donors (Lipinski definition) is 2. The lowest BCUT2D eigenvalue weighted by Crippen LogP contribution is -2.22. The Hall–Kier alpha value is -1.27. The van der Waals surface area contributed by atoms with Crippen LogP contribution in [0.3, 0.4) is 0 Å². The van der Waals surface area contributed by atoms with Gasteiger partial charge in [-0.05, 0) is 30.2 Å². The summed E-state index contributed by atoms with van der Waals surface area (Å²) in [5, 5.41) is 3.01. The van der Waals surface area contributed by atoms with Crippen molar-refractivity contribution in [2.24, 2.45) is 5.73 Å². The first kappa shape index (κ1) is 13.8. The highest BCUT2D eigenvalue weighted by Gasteiger charge is 2.31. The molecule has 0 aromatic heterocycles. The number of hydrogen-bond acceptors (Lipinski definition) is 3. The van der Waals surface area contributed by atoms with Crippen LogP contribution >= 0.6 is 0 Å². The third kappa shape index (κ3) is 5.55. The standard InChI is InChI=1S/C11H15F3N2O/c1-8-4-9(7-16-3-2-15)6-10(5-8)17-11(12,13)14/h4-6,16H,2-3,7,15H2,1H3. The highest BCUT2D eigenvalue weighted by atomic mass is 19.4. The van der Waals surface area contributed by atoms with E-state index < -0.39 is 6.36 Å². The largest absolute Gasteiger partial charge is 0.573 e. The molecule has 0 saturated heterocycles. The van der Waals surface area contributed by atoms with E-state index in [4.69, 9.17) is 5.73 Å². The van der Waals surface area contributed by atoms with Crippen LogP contribution in [0.2, 0.25) is 0 Å². The third-order valence-electron chi connectivity index (χ3n) is 1.99. The molecule has 0 aliphatic heterocycles. The normalized spacial score (nSPS) is 11.6. The number of benzene rings is 1. The Morgan fingerprint density at radius 2 is 2.00 bits per heavy atom. The average molecular weight is 248 g/mol. The number of nitrogens with one attached hydrogen (secondary N) is 1. The van der Waals surface area contributed by atoms with Gasteiger partial charge in [0.1, 0.15) is 5.75 Å². The molecule has 0 bridgehead atoms. The Labute approximate surface area is 97.8 Å². The van der Waals surface area contributed by atoms with E-state index >= 15 is 0 Å². The zero-order valence-electron chi connectivity index (χ0n) is 9.47. The van der Waals surface area contributed by atoms with Crippen LogP contribution in [0.1, 0.15) is 11.1 Å². The Kier molecular flexibility index (Phi) is 4.77. The van der Waals surface area contributed by atoms with Crippen molar-refractivity contribution < 1.29 is 17.9 Å². The zero-order chi connectivity index (χ0) is 12.9. The summed E-state index contributed by atoms with van der Waals surface area (Å²) in [6.07, 6.45) is -4.66. The fraction of sp³-hybridized carbons (Fsp3) is 0.455. The molecular formula is C11H15F3N2O. The molecular weight excluding hydrogens is 233 g/mol. The van der Waals surface area contributed by atoms with E-state index in [0.29, 0.717) is 19.6 Å². The molecule has 0 aliphatic rings. The maximum Gasteiger partial charge on any atom is 0.573 e. The smallest absolute Gasteiger partial charge is 0.406 e. The van der Waals surface area contributed by atoms with E-state index in [9.17, 15) is 13.2 Å². The maximum absolute atomic E-state index is 12.1. The Balaban J connectivity index is 2.72. The van der Waals surface area contributed by atoms with E-state index in [1.165, 1.54) is 12.1 Å². The molecule has 6 heteroatoms. The Bertz CT molecular complexity index is 366. The van der Waals surface area contributed by atoms with Gasteiger partial charge in [-0.25, -0.2) is 0 Å². The average Bonchev–Trinajstić information content (AvgIpc) is 2.14. The first-order valence-electron chi connectivity index (χ1n) is 5.18. The molecule has 96 valence electrons. The summed E-state index contributed by atoms with van der Waals surface area (Å²) in [6, 6.07) is 4.51. The van der Waals surface area contributed by atoms with Crippen LogP contribution < -0.4 is 15.8 Å². The van der Waals surface area contributed by atoms with Gasteiger partial charge in [0.05, 0.1) is 0 Å². The number of nitrogens with two attached hydrogens (primary N) is 1. The highest BCUT2D eigenvalue weighted by molar-refractivity contribution is 5.33. The molecule has 0 radical (unpaired) electrons. The van der Waals surface area contributed by atoms with Crippen molar-refractivity contribution >= 4 is 0 Å². The molecule has 0 unspecified atom stereocenters. The monoisotopic (exact) mass is 248 g/mol. The van der Waals surface area contributed by atoms with Gasteiger partial charge in [-0.15, -0.1) is 13.2 Å². The van der Waals surface area contributed by atoms with Gasteiger partial charge < -0.3 is 15.8 Å².